The molecule has 21 heavy (non-hydrogen) atoms. The second-order valence-electron chi connectivity index (χ2n) is 6.61. The monoisotopic (exact) mass is 289 g/mol. The van der Waals surface area contributed by atoms with E-state index in [0.717, 1.165) is 25.6 Å². The summed E-state index contributed by atoms with van der Waals surface area (Å²) in [5.41, 5.74) is 7.18. The van der Waals surface area contributed by atoms with E-state index in [1.54, 1.807) is 0 Å². The van der Waals surface area contributed by atoms with Crippen LogP contribution < -0.4 is 5.73 Å². The van der Waals surface area contributed by atoms with Gasteiger partial charge in [0, 0.05) is 38.8 Å². The highest BCUT2D eigenvalue weighted by atomic mass is 15.2. The molecule has 0 saturated carbocycles. The molecule has 0 amide bonds. The third-order valence-corrected chi connectivity index (χ3v) is 4.49. The first-order chi connectivity index (χ1) is 10.2. The Balaban J connectivity index is 1.85. The molecule has 1 atom stereocenters. The van der Waals surface area contributed by atoms with Gasteiger partial charge in [-0.1, -0.05) is 30.3 Å². The Bertz CT molecular complexity index is 391. The molecule has 0 bridgehead atoms. The average molecular weight is 289 g/mol. The van der Waals surface area contributed by atoms with Gasteiger partial charge in [0.1, 0.15) is 0 Å². The maximum atomic E-state index is 5.75. The van der Waals surface area contributed by atoms with Crippen LogP contribution in [0.2, 0.25) is 0 Å². The standard InChI is InChI=1S/C18H31N3/c1-16(2)21(12-10-19)15-18-9-6-11-20(14-18)13-17-7-4-3-5-8-17/h3-5,7-8,16,18H,6,9-15,19H2,1-2H3. The predicted octanol–water partition coefficient (Wildman–Crippen LogP) is 2.57. The SMILES string of the molecule is CC(C)N(CCN)CC1CCCN(Cc2ccccc2)C1. The summed E-state index contributed by atoms with van der Waals surface area (Å²) in [7, 11) is 0. The van der Waals surface area contributed by atoms with Gasteiger partial charge in [-0.2, -0.15) is 0 Å². The van der Waals surface area contributed by atoms with Crippen LogP contribution in [0.4, 0.5) is 0 Å². The summed E-state index contributed by atoms with van der Waals surface area (Å²) in [5.74, 6) is 0.788. The fourth-order valence-electron chi connectivity index (χ4n) is 3.34. The maximum Gasteiger partial charge on any atom is 0.0233 e. The van der Waals surface area contributed by atoms with Crippen LogP contribution in [0.5, 0.6) is 0 Å². The average Bonchev–Trinajstić information content (AvgIpc) is 2.48. The van der Waals surface area contributed by atoms with E-state index in [2.05, 4.69) is 54.0 Å². The highest BCUT2D eigenvalue weighted by Gasteiger charge is 2.22. The summed E-state index contributed by atoms with van der Waals surface area (Å²) in [5, 5.41) is 0. The second kappa shape index (κ2) is 8.52. The van der Waals surface area contributed by atoms with E-state index in [1.807, 2.05) is 0 Å². The van der Waals surface area contributed by atoms with Crippen molar-refractivity contribution in [1.29, 1.82) is 0 Å². The number of rotatable bonds is 7. The largest absolute Gasteiger partial charge is 0.329 e. The molecule has 1 fully saturated rings. The molecule has 1 aliphatic heterocycles. The molecule has 3 nitrogen and oxygen atoms in total. The van der Waals surface area contributed by atoms with Gasteiger partial charge in [0.15, 0.2) is 0 Å². The fraction of sp³-hybridized carbons (Fsp3) is 0.667. The van der Waals surface area contributed by atoms with E-state index in [4.69, 9.17) is 5.73 Å². The lowest BCUT2D eigenvalue weighted by atomic mass is 9.96. The van der Waals surface area contributed by atoms with Crippen LogP contribution >= 0.6 is 0 Å². The van der Waals surface area contributed by atoms with Gasteiger partial charge in [0.25, 0.3) is 0 Å². The van der Waals surface area contributed by atoms with Crippen LogP contribution in [0.25, 0.3) is 0 Å². The summed E-state index contributed by atoms with van der Waals surface area (Å²) < 4.78 is 0. The van der Waals surface area contributed by atoms with Crippen LogP contribution in [0, 0.1) is 5.92 Å². The van der Waals surface area contributed by atoms with Crippen molar-refractivity contribution >= 4 is 0 Å². The Morgan fingerprint density at radius 1 is 1.29 bits per heavy atom. The highest BCUT2D eigenvalue weighted by Crippen LogP contribution is 2.20. The number of nitrogens with two attached hydrogens (primary N) is 1. The van der Waals surface area contributed by atoms with E-state index in [9.17, 15) is 0 Å². The molecule has 0 aromatic heterocycles. The van der Waals surface area contributed by atoms with Gasteiger partial charge < -0.3 is 5.73 Å². The predicted molar refractivity (Wildman–Crippen MR) is 90.2 cm³/mol. The topological polar surface area (TPSA) is 32.5 Å². The van der Waals surface area contributed by atoms with Crippen molar-refractivity contribution in [3.05, 3.63) is 35.9 Å². The molecule has 1 heterocycles. The Kier molecular flexibility index (Phi) is 6.68. The van der Waals surface area contributed by atoms with Crippen molar-refractivity contribution < 1.29 is 0 Å². The quantitative estimate of drug-likeness (QED) is 0.837. The van der Waals surface area contributed by atoms with Crippen LogP contribution in [-0.2, 0) is 6.54 Å². The third-order valence-electron chi connectivity index (χ3n) is 4.49. The first-order valence-electron chi connectivity index (χ1n) is 8.39. The Labute approximate surface area is 130 Å². The van der Waals surface area contributed by atoms with Crippen molar-refractivity contribution in [2.75, 3.05) is 32.7 Å². The Morgan fingerprint density at radius 2 is 2.05 bits per heavy atom. The molecule has 1 saturated heterocycles. The number of benzene rings is 1. The maximum absolute atomic E-state index is 5.75. The number of hydrogen-bond donors (Lipinski definition) is 1. The lowest BCUT2D eigenvalue weighted by Gasteiger charge is -2.37. The smallest absolute Gasteiger partial charge is 0.0233 e. The van der Waals surface area contributed by atoms with Gasteiger partial charge in [-0.05, 0) is 44.7 Å². The zero-order chi connectivity index (χ0) is 15.1. The number of nitrogens with zero attached hydrogens (tertiary/aromatic N) is 2. The van der Waals surface area contributed by atoms with Crippen LogP contribution in [0.15, 0.2) is 30.3 Å². The van der Waals surface area contributed by atoms with Crippen molar-refractivity contribution in [3.8, 4) is 0 Å². The lowest BCUT2D eigenvalue weighted by Crippen LogP contribution is -2.44. The summed E-state index contributed by atoms with van der Waals surface area (Å²) in [6.07, 6.45) is 2.69. The second-order valence-corrected chi connectivity index (χ2v) is 6.61. The molecule has 1 unspecified atom stereocenters. The van der Waals surface area contributed by atoms with Crippen LogP contribution in [-0.4, -0.2) is 48.6 Å². The van der Waals surface area contributed by atoms with E-state index < -0.39 is 0 Å². The first kappa shape index (κ1) is 16.5. The molecule has 0 radical (unpaired) electrons. The van der Waals surface area contributed by atoms with E-state index in [-0.39, 0.29) is 0 Å². The summed E-state index contributed by atoms with van der Waals surface area (Å²) >= 11 is 0. The molecule has 3 heteroatoms. The first-order valence-corrected chi connectivity index (χ1v) is 8.39. The van der Waals surface area contributed by atoms with Crippen molar-refractivity contribution in [1.82, 2.24) is 9.80 Å². The van der Waals surface area contributed by atoms with Crippen molar-refractivity contribution in [2.45, 2.75) is 39.3 Å². The molecule has 1 aromatic carbocycles. The number of hydrogen-bond acceptors (Lipinski definition) is 3. The minimum absolute atomic E-state index is 0.595. The van der Waals surface area contributed by atoms with E-state index in [0.29, 0.717) is 6.04 Å². The normalized spacial score (nSPS) is 20.3. The highest BCUT2D eigenvalue weighted by molar-refractivity contribution is 5.14. The van der Waals surface area contributed by atoms with Gasteiger partial charge >= 0.3 is 0 Å². The minimum Gasteiger partial charge on any atom is -0.329 e. The van der Waals surface area contributed by atoms with Gasteiger partial charge in [-0.3, -0.25) is 9.80 Å². The molecule has 0 spiro atoms. The van der Waals surface area contributed by atoms with Gasteiger partial charge in [0.05, 0.1) is 0 Å². The molecule has 0 aliphatic carbocycles. The van der Waals surface area contributed by atoms with Gasteiger partial charge in [0.2, 0.25) is 0 Å². The van der Waals surface area contributed by atoms with E-state index in [1.165, 1.54) is 38.0 Å². The molecule has 2 N–H and O–H groups in total. The summed E-state index contributed by atoms with van der Waals surface area (Å²) in [6, 6.07) is 11.4. The van der Waals surface area contributed by atoms with E-state index >= 15 is 0 Å². The number of piperidine rings is 1. The fourth-order valence-corrected chi connectivity index (χ4v) is 3.34. The molecule has 1 aromatic rings. The lowest BCUT2D eigenvalue weighted by molar-refractivity contribution is 0.115. The van der Waals surface area contributed by atoms with Gasteiger partial charge in [-0.15, -0.1) is 0 Å². The zero-order valence-corrected chi connectivity index (χ0v) is 13.7. The Morgan fingerprint density at radius 3 is 2.71 bits per heavy atom. The van der Waals surface area contributed by atoms with Crippen LogP contribution in [0.1, 0.15) is 32.3 Å². The molecule has 118 valence electrons. The summed E-state index contributed by atoms with van der Waals surface area (Å²) in [4.78, 5) is 5.15. The Hall–Kier alpha value is -0.900. The van der Waals surface area contributed by atoms with Crippen molar-refractivity contribution in [2.24, 2.45) is 11.7 Å². The van der Waals surface area contributed by atoms with Crippen LogP contribution in [0.3, 0.4) is 0 Å². The number of likely N-dealkylation sites (tertiary alicyclic amines) is 1. The molecular formula is C18H31N3. The zero-order valence-electron chi connectivity index (χ0n) is 13.7. The molecule has 2 rings (SSSR count). The molecular weight excluding hydrogens is 258 g/mol. The summed E-state index contributed by atoms with van der Waals surface area (Å²) in [6.45, 7) is 11.1. The third kappa shape index (κ3) is 5.42. The minimum atomic E-state index is 0.595. The van der Waals surface area contributed by atoms with Gasteiger partial charge in [-0.25, -0.2) is 0 Å². The molecule has 1 aliphatic rings. The van der Waals surface area contributed by atoms with Crippen molar-refractivity contribution in [3.63, 3.8) is 0 Å².